The molecular formula is C15H24N2O4. The number of hydrogen-bond acceptors (Lipinski definition) is 4. The maximum atomic E-state index is 11.9. The van der Waals surface area contributed by atoms with Crippen LogP contribution in [0.4, 0.5) is 0 Å². The molecule has 1 rings (SSSR count). The second kappa shape index (κ2) is 9.15. The molecule has 0 unspecified atom stereocenters. The van der Waals surface area contributed by atoms with E-state index >= 15 is 0 Å². The largest absolute Gasteiger partial charge is 0.466 e. The highest BCUT2D eigenvalue weighted by Gasteiger charge is 2.24. The summed E-state index contributed by atoms with van der Waals surface area (Å²) in [5, 5.41) is 5.24. The van der Waals surface area contributed by atoms with Crippen molar-refractivity contribution in [3.05, 3.63) is 12.2 Å². The molecule has 0 aromatic carbocycles. The smallest absolute Gasteiger partial charge is 0.330 e. The van der Waals surface area contributed by atoms with E-state index in [1.54, 1.807) is 0 Å². The molecule has 0 aromatic rings. The van der Waals surface area contributed by atoms with Crippen LogP contribution in [0.5, 0.6) is 0 Å². The summed E-state index contributed by atoms with van der Waals surface area (Å²) in [4.78, 5) is 34.2. The summed E-state index contributed by atoms with van der Waals surface area (Å²) < 4.78 is 4.42. The first-order valence-electron chi connectivity index (χ1n) is 7.31. The standard InChI is InChI=1S/C15H24N2O4/c1-11-5-7-12(8-6-11)15(20)17-10-13(18)16-9-3-4-14(19)21-2/h3-4,11-12H,5-10H2,1-2H3,(H,16,18)(H,17,20)/b4-3+/t11-,12-. The van der Waals surface area contributed by atoms with Gasteiger partial charge in [-0.1, -0.05) is 13.0 Å². The van der Waals surface area contributed by atoms with Gasteiger partial charge in [0.15, 0.2) is 0 Å². The molecule has 6 heteroatoms. The number of methoxy groups -OCH3 is 1. The average Bonchev–Trinajstić information content (AvgIpc) is 2.49. The van der Waals surface area contributed by atoms with Crippen molar-refractivity contribution in [1.82, 2.24) is 10.6 Å². The number of carbonyl (C=O) groups is 3. The van der Waals surface area contributed by atoms with Gasteiger partial charge >= 0.3 is 5.97 Å². The topological polar surface area (TPSA) is 84.5 Å². The third-order valence-electron chi connectivity index (χ3n) is 3.68. The molecule has 2 amide bonds. The minimum absolute atomic E-state index is 0.0308. The van der Waals surface area contributed by atoms with Crippen LogP contribution >= 0.6 is 0 Å². The van der Waals surface area contributed by atoms with E-state index < -0.39 is 5.97 Å². The SMILES string of the molecule is COC(=O)/C=C/CNC(=O)CNC(=O)[C@H]1CC[C@H](C)CC1. The molecule has 2 N–H and O–H groups in total. The van der Waals surface area contributed by atoms with Crippen molar-refractivity contribution >= 4 is 17.8 Å². The van der Waals surface area contributed by atoms with Gasteiger partial charge in [-0.15, -0.1) is 0 Å². The zero-order valence-corrected chi connectivity index (χ0v) is 12.7. The van der Waals surface area contributed by atoms with E-state index in [1.165, 1.54) is 19.3 Å². The number of ether oxygens (including phenoxy) is 1. The number of hydrogen-bond donors (Lipinski definition) is 2. The molecule has 0 bridgehead atoms. The van der Waals surface area contributed by atoms with Crippen LogP contribution in [0.25, 0.3) is 0 Å². The maximum Gasteiger partial charge on any atom is 0.330 e. The van der Waals surface area contributed by atoms with Gasteiger partial charge < -0.3 is 15.4 Å². The van der Waals surface area contributed by atoms with Crippen LogP contribution in [0.3, 0.4) is 0 Å². The number of carbonyl (C=O) groups excluding carboxylic acids is 3. The molecule has 1 aliphatic rings. The van der Waals surface area contributed by atoms with Gasteiger partial charge in [-0.3, -0.25) is 9.59 Å². The van der Waals surface area contributed by atoms with Crippen LogP contribution in [-0.4, -0.2) is 38.0 Å². The summed E-state index contributed by atoms with van der Waals surface area (Å²) in [7, 11) is 1.28. The molecule has 1 fully saturated rings. The summed E-state index contributed by atoms with van der Waals surface area (Å²) in [5.41, 5.74) is 0. The minimum Gasteiger partial charge on any atom is -0.466 e. The zero-order valence-electron chi connectivity index (χ0n) is 12.7. The summed E-state index contributed by atoms with van der Waals surface area (Å²) in [6, 6.07) is 0. The van der Waals surface area contributed by atoms with E-state index in [0.717, 1.165) is 25.7 Å². The molecule has 6 nitrogen and oxygen atoms in total. The average molecular weight is 296 g/mol. The first-order valence-corrected chi connectivity index (χ1v) is 7.31. The van der Waals surface area contributed by atoms with Gasteiger partial charge in [0.05, 0.1) is 13.7 Å². The minimum atomic E-state index is -0.468. The normalized spacial score (nSPS) is 21.8. The molecule has 1 aliphatic carbocycles. The van der Waals surface area contributed by atoms with Crippen LogP contribution in [0.15, 0.2) is 12.2 Å². The second-order valence-electron chi connectivity index (χ2n) is 5.40. The molecule has 21 heavy (non-hydrogen) atoms. The van der Waals surface area contributed by atoms with Crippen LogP contribution < -0.4 is 10.6 Å². The van der Waals surface area contributed by atoms with Crippen molar-refractivity contribution in [2.45, 2.75) is 32.6 Å². The number of esters is 1. The Bertz CT molecular complexity index is 398. The summed E-state index contributed by atoms with van der Waals surface area (Å²) >= 11 is 0. The Morgan fingerprint density at radius 3 is 2.43 bits per heavy atom. The third kappa shape index (κ3) is 6.92. The predicted molar refractivity (Wildman–Crippen MR) is 78.3 cm³/mol. The van der Waals surface area contributed by atoms with Crippen molar-refractivity contribution in [1.29, 1.82) is 0 Å². The number of nitrogens with one attached hydrogen (secondary N) is 2. The van der Waals surface area contributed by atoms with E-state index in [1.807, 2.05) is 0 Å². The highest BCUT2D eigenvalue weighted by molar-refractivity contribution is 5.86. The molecule has 0 atom stereocenters. The van der Waals surface area contributed by atoms with Crippen molar-refractivity contribution in [3.63, 3.8) is 0 Å². The van der Waals surface area contributed by atoms with Gasteiger partial charge in [0, 0.05) is 18.5 Å². The zero-order chi connectivity index (χ0) is 15.7. The van der Waals surface area contributed by atoms with Gasteiger partial charge in [0.25, 0.3) is 0 Å². The molecular weight excluding hydrogens is 272 g/mol. The molecule has 0 heterocycles. The van der Waals surface area contributed by atoms with Crippen LogP contribution in [-0.2, 0) is 19.1 Å². The lowest BCUT2D eigenvalue weighted by molar-refractivity contribution is -0.134. The summed E-state index contributed by atoms with van der Waals surface area (Å²) in [5.74, 6) is -0.0551. The second-order valence-corrected chi connectivity index (χ2v) is 5.40. The molecule has 118 valence electrons. The molecule has 0 radical (unpaired) electrons. The molecule has 0 aliphatic heterocycles. The van der Waals surface area contributed by atoms with E-state index in [0.29, 0.717) is 5.92 Å². The van der Waals surface area contributed by atoms with Crippen LogP contribution in [0.2, 0.25) is 0 Å². The quantitative estimate of drug-likeness (QED) is 0.560. The molecule has 0 spiro atoms. The Morgan fingerprint density at radius 1 is 1.14 bits per heavy atom. The predicted octanol–water partition coefficient (Wildman–Crippen LogP) is 0.774. The Balaban J connectivity index is 2.16. The van der Waals surface area contributed by atoms with Crippen molar-refractivity contribution < 1.29 is 19.1 Å². The molecule has 0 aromatic heterocycles. The fourth-order valence-electron chi connectivity index (χ4n) is 2.29. The van der Waals surface area contributed by atoms with Crippen molar-refractivity contribution in [2.75, 3.05) is 20.2 Å². The van der Waals surface area contributed by atoms with Crippen molar-refractivity contribution in [2.24, 2.45) is 11.8 Å². The van der Waals surface area contributed by atoms with Gasteiger partial charge in [-0.2, -0.15) is 0 Å². The van der Waals surface area contributed by atoms with Gasteiger partial charge in [0.2, 0.25) is 11.8 Å². The number of rotatable bonds is 6. The van der Waals surface area contributed by atoms with Crippen molar-refractivity contribution in [3.8, 4) is 0 Å². The van der Waals surface area contributed by atoms with E-state index in [-0.39, 0.29) is 30.8 Å². The van der Waals surface area contributed by atoms with E-state index in [2.05, 4.69) is 22.3 Å². The fourth-order valence-corrected chi connectivity index (χ4v) is 2.29. The maximum absolute atomic E-state index is 11.9. The summed E-state index contributed by atoms with van der Waals surface area (Å²) in [6.07, 6.45) is 6.67. The first kappa shape index (κ1) is 17.2. The van der Waals surface area contributed by atoms with Crippen LogP contribution in [0, 0.1) is 11.8 Å². The van der Waals surface area contributed by atoms with E-state index in [4.69, 9.17) is 0 Å². The summed E-state index contributed by atoms with van der Waals surface area (Å²) in [6.45, 7) is 2.39. The molecule has 0 saturated heterocycles. The lowest BCUT2D eigenvalue weighted by atomic mass is 9.82. The van der Waals surface area contributed by atoms with Gasteiger partial charge in [-0.25, -0.2) is 4.79 Å². The highest BCUT2D eigenvalue weighted by Crippen LogP contribution is 2.28. The lowest BCUT2D eigenvalue weighted by Gasteiger charge is -2.25. The Labute approximate surface area is 125 Å². The Kier molecular flexibility index (Phi) is 7.50. The monoisotopic (exact) mass is 296 g/mol. The third-order valence-corrected chi connectivity index (χ3v) is 3.68. The van der Waals surface area contributed by atoms with Gasteiger partial charge in [-0.05, 0) is 31.6 Å². The molecule has 1 saturated carbocycles. The number of amides is 2. The highest BCUT2D eigenvalue weighted by atomic mass is 16.5. The Hall–Kier alpha value is -1.85. The fraction of sp³-hybridized carbons (Fsp3) is 0.667. The lowest BCUT2D eigenvalue weighted by Crippen LogP contribution is -2.40. The first-order chi connectivity index (χ1) is 10.0. The van der Waals surface area contributed by atoms with Crippen LogP contribution in [0.1, 0.15) is 32.6 Å². The van der Waals surface area contributed by atoms with E-state index in [9.17, 15) is 14.4 Å². The Morgan fingerprint density at radius 2 is 1.81 bits per heavy atom. The van der Waals surface area contributed by atoms with Gasteiger partial charge in [0.1, 0.15) is 0 Å².